The minimum atomic E-state index is -0.675. The zero-order valence-corrected chi connectivity index (χ0v) is 20.6. The molecule has 180 valence electrons. The third-order valence-electron chi connectivity index (χ3n) is 5.47. The van der Waals surface area contributed by atoms with Crippen molar-refractivity contribution < 1.29 is 19.0 Å². The summed E-state index contributed by atoms with van der Waals surface area (Å²) in [5, 5.41) is 0. The van der Waals surface area contributed by atoms with E-state index >= 15 is 0 Å². The number of allylic oxidation sites excluding steroid dienone is 1. The van der Waals surface area contributed by atoms with Crippen molar-refractivity contribution in [1.82, 2.24) is 4.57 Å². The van der Waals surface area contributed by atoms with Crippen molar-refractivity contribution in [3.63, 3.8) is 0 Å². The van der Waals surface area contributed by atoms with Crippen LogP contribution in [-0.2, 0) is 9.53 Å². The Kier molecular flexibility index (Phi) is 7.31. The number of nitrogens with zero attached hydrogens (tertiary/aromatic N) is 2. The molecule has 1 aliphatic heterocycles. The lowest BCUT2D eigenvalue weighted by Crippen LogP contribution is -2.39. The molecule has 0 N–H and O–H groups in total. The van der Waals surface area contributed by atoms with E-state index in [0.29, 0.717) is 38.7 Å². The fraction of sp³-hybridized carbons (Fsp3) is 0.222. The predicted molar refractivity (Wildman–Crippen MR) is 136 cm³/mol. The minimum Gasteiger partial charge on any atom is -0.497 e. The van der Waals surface area contributed by atoms with Gasteiger partial charge in [-0.2, -0.15) is 0 Å². The Morgan fingerprint density at radius 2 is 1.97 bits per heavy atom. The summed E-state index contributed by atoms with van der Waals surface area (Å²) >= 11 is 1.28. The van der Waals surface area contributed by atoms with Gasteiger partial charge in [-0.05, 0) is 55.3 Å². The molecular weight excluding hydrogens is 464 g/mol. The molecule has 0 unspecified atom stereocenters. The molecular formula is C27H26N2O5S. The van der Waals surface area contributed by atoms with E-state index in [2.05, 4.69) is 11.6 Å². The number of ether oxygens (including phenoxy) is 3. The SMILES string of the molecule is C=CCOc1ccc([C@@H]2C(C(=O)OCC)=C(C)N=c3s/c(=C/c4cccc(OC)c4)c(=O)n32)cc1. The molecule has 0 saturated carbocycles. The van der Waals surface area contributed by atoms with Crippen molar-refractivity contribution in [2.24, 2.45) is 4.99 Å². The maximum absolute atomic E-state index is 13.6. The predicted octanol–water partition coefficient (Wildman–Crippen LogP) is 3.37. The van der Waals surface area contributed by atoms with Crippen molar-refractivity contribution in [3.05, 3.63) is 103 Å². The lowest BCUT2D eigenvalue weighted by Gasteiger charge is -2.24. The third-order valence-corrected chi connectivity index (χ3v) is 6.46. The lowest BCUT2D eigenvalue weighted by atomic mass is 9.96. The molecule has 8 heteroatoms. The summed E-state index contributed by atoms with van der Waals surface area (Å²) in [6, 6.07) is 14.1. The van der Waals surface area contributed by atoms with E-state index in [0.717, 1.165) is 11.1 Å². The molecule has 3 aromatic rings. The maximum atomic E-state index is 13.6. The Balaban J connectivity index is 1.88. The van der Waals surface area contributed by atoms with Crippen molar-refractivity contribution in [2.45, 2.75) is 19.9 Å². The summed E-state index contributed by atoms with van der Waals surface area (Å²) in [7, 11) is 1.60. The Morgan fingerprint density at radius 1 is 1.20 bits per heavy atom. The fourth-order valence-electron chi connectivity index (χ4n) is 3.89. The summed E-state index contributed by atoms with van der Waals surface area (Å²) in [6.45, 7) is 7.77. The van der Waals surface area contributed by atoms with Gasteiger partial charge in [0.25, 0.3) is 5.56 Å². The Bertz CT molecular complexity index is 1460. The zero-order chi connectivity index (χ0) is 24.9. The van der Waals surface area contributed by atoms with Crippen molar-refractivity contribution >= 4 is 23.4 Å². The van der Waals surface area contributed by atoms with Crippen LogP contribution in [0.25, 0.3) is 6.08 Å². The number of methoxy groups -OCH3 is 1. The van der Waals surface area contributed by atoms with Crippen molar-refractivity contribution in [1.29, 1.82) is 0 Å². The number of thiazole rings is 1. The van der Waals surface area contributed by atoms with E-state index in [1.54, 1.807) is 37.7 Å². The number of hydrogen-bond donors (Lipinski definition) is 0. The quantitative estimate of drug-likeness (QED) is 0.357. The first-order valence-corrected chi connectivity index (χ1v) is 12.0. The smallest absolute Gasteiger partial charge is 0.338 e. The molecule has 2 aromatic carbocycles. The second-order valence-corrected chi connectivity index (χ2v) is 8.76. The number of esters is 1. The molecule has 7 nitrogen and oxygen atoms in total. The number of aromatic nitrogens is 1. The monoisotopic (exact) mass is 490 g/mol. The standard InChI is InChI=1S/C27H26N2O5S/c1-5-14-34-20-12-10-19(11-13-20)24-23(26(31)33-6-2)17(3)28-27-29(24)25(30)22(35-27)16-18-8-7-9-21(15-18)32-4/h5,7-13,15-16,24H,1,6,14H2,2-4H3/b22-16+/t24-/m1/s1. The number of rotatable bonds is 8. The maximum Gasteiger partial charge on any atom is 0.338 e. The van der Waals surface area contributed by atoms with Crippen LogP contribution < -0.4 is 24.4 Å². The Labute approximate surface area is 206 Å². The first kappa shape index (κ1) is 24.2. The number of benzene rings is 2. The van der Waals surface area contributed by atoms with Gasteiger partial charge in [0, 0.05) is 0 Å². The van der Waals surface area contributed by atoms with E-state index in [1.165, 1.54) is 11.3 Å². The second kappa shape index (κ2) is 10.6. The summed E-state index contributed by atoms with van der Waals surface area (Å²) in [5.74, 6) is 0.869. The number of hydrogen-bond acceptors (Lipinski definition) is 7. The van der Waals surface area contributed by atoms with Gasteiger partial charge in [-0.25, -0.2) is 9.79 Å². The van der Waals surface area contributed by atoms with Crippen molar-refractivity contribution in [2.75, 3.05) is 20.3 Å². The van der Waals surface area contributed by atoms with Crippen LogP contribution >= 0.6 is 11.3 Å². The number of carbonyl (C=O) groups is 1. The molecule has 0 fully saturated rings. The molecule has 0 radical (unpaired) electrons. The third kappa shape index (κ3) is 4.97. The molecule has 1 aliphatic rings. The van der Waals surface area contributed by atoms with Gasteiger partial charge in [0.05, 0.1) is 35.6 Å². The molecule has 4 rings (SSSR count). The molecule has 0 amide bonds. The minimum absolute atomic E-state index is 0.219. The normalized spacial score (nSPS) is 15.3. The summed E-state index contributed by atoms with van der Waals surface area (Å²) in [5.41, 5.74) is 2.21. The van der Waals surface area contributed by atoms with Gasteiger partial charge < -0.3 is 14.2 Å². The molecule has 0 aliphatic carbocycles. The number of carbonyl (C=O) groups excluding carboxylic acids is 1. The first-order valence-electron chi connectivity index (χ1n) is 11.1. The topological polar surface area (TPSA) is 79.1 Å². The van der Waals surface area contributed by atoms with Gasteiger partial charge in [-0.3, -0.25) is 9.36 Å². The van der Waals surface area contributed by atoms with Crippen LogP contribution in [0.2, 0.25) is 0 Å². The van der Waals surface area contributed by atoms with Gasteiger partial charge in [0.1, 0.15) is 18.1 Å². The zero-order valence-electron chi connectivity index (χ0n) is 19.8. The molecule has 0 saturated heterocycles. The fourth-order valence-corrected chi connectivity index (χ4v) is 4.94. The summed E-state index contributed by atoms with van der Waals surface area (Å²) < 4.78 is 18.3. The van der Waals surface area contributed by atoms with Crippen LogP contribution in [0.4, 0.5) is 0 Å². The Hall–Kier alpha value is -3.91. The van der Waals surface area contributed by atoms with Crippen LogP contribution in [0, 0.1) is 0 Å². The van der Waals surface area contributed by atoms with E-state index < -0.39 is 12.0 Å². The van der Waals surface area contributed by atoms with Crippen LogP contribution in [0.3, 0.4) is 0 Å². The average molecular weight is 491 g/mol. The van der Waals surface area contributed by atoms with Crippen LogP contribution in [0.1, 0.15) is 31.0 Å². The van der Waals surface area contributed by atoms with E-state index in [9.17, 15) is 9.59 Å². The van der Waals surface area contributed by atoms with Gasteiger partial charge in [-0.15, -0.1) is 0 Å². The lowest BCUT2D eigenvalue weighted by molar-refractivity contribution is -0.139. The molecule has 1 aromatic heterocycles. The van der Waals surface area contributed by atoms with Crippen LogP contribution in [0.15, 0.2) is 82.2 Å². The molecule has 35 heavy (non-hydrogen) atoms. The Morgan fingerprint density at radius 3 is 2.66 bits per heavy atom. The highest BCUT2D eigenvalue weighted by Gasteiger charge is 2.33. The van der Waals surface area contributed by atoms with Crippen LogP contribution in [0.5, 0.6) is 11.5 Å². The van der Waals surface area contributed by atoms with E-state index in [-0.39, 0.29) is 12.2 Å². The molecule has 2 heterocycles. The second-order valence-electron chi connectivity index (χ2n) is 7.75. The molecule has 0 bridgehead atoms. The highest BCUT2D eigenvalue weighted by molar-refractivity contribution is 7.07. The van der Waals surface area contributed by atoms with Gasteiger partial charge >= 0.3 is 5.97 Å². The number of fused-ring (bicyclic) bond motifs is 1. The largest absolute Gasteiger partial charge is 0.497 e. The van der Waals surface area contributed by atoms with E-state index in [1.807, 2.05) is 48.5 Å². The van der Waals surface area contributed by atoms with Gasteiger partial charge in [0.2, 0.25) is 0 Å². The average Bonchev–Trinajstić information content (AvgIpc) is 3.16. The first-order chi connectivity index (χ1) is 17.0. The summed E-state index contributed by atoms with van der Waals surface area (Å²) in [6.07, 6.45) is 3.47. The molecule has 0 spiro atoms. The van der Waals surface area contributed by atoms with Crippen molar-refractivity contribution in [3.8, 4) is 11.5 Å². The van der Waals surface area contributed by atoms with Gasteiger partial charge in [0.15, 0.2) is 4.80 Å². The van der Waals surface area contributed by atoms with Crippen LogP contribution in [-0.4, -0.2) is 30.9 Å². The van der Waals surface area contributed by atoms with E-state index in [4.69, 9.17) is 14.2 Å². The van der Waals surface area contributed by atoms with Gasteiger partial charge in [-0.1, -0.05) is 48.3 Å². The highest BCUT2D eigenvalue weighted by Crippen LogP contribution is 2.31. The highest BCUT2D eigenvalue weighted by atomic mass is 32.1. The molecule has 1 atom stereocenters. The summed E-state index contributed by atoms with van der Waals surface area (Å²) in [4.78, 5) is 31.7.